The Morgan fingerprint density at radius 2 is 2.03 bits per heavy atom. The molecule has 2 unspecified atom stereocenters. The molecule has 4 rings (SSSR count). The number of nitrogens with zero attached hydrogens (tertiary/aromatic N) is 5. The number of aryl methyl sites for hydroxylation is 1. The van der Waals surface area contributed by atoms with Crippen molar-refractivity contribution >= 4 is 29.9 Å². The van der Waals surface area contributed by atoms with Crippen molar-refractivity contribution in [3.05, 3.63) is 48.0 Å². The number of benzene rings is 1. The van der Waals surface area contributed by atoms with Crippen LogP contribution in [-0.2, 0) is 17.7 Å². The summed E-state index contributed by atoms with van der Waals surface area (Å²) in [5, 5.41) is 15.3. The maximum Gasteiger partial charge on any atom is 0.191 e. The second-order valence-electron chi connectivity index (χ2n) is 8.69. The highest BCUT2D eigenvalue weighted by Crippen LogP contribution is 2.25. The molecule has 3 heterocycles. The van der Waals surface area contributed by atoms with Gasteiger partial charge < -0.3 is 19.9 Å². The van der Waals surface area contributed by atoms with Crippen molar-refractivity contribution in [2.24, 2.45) is 10.9 Å². The smallest absolute Gasteiger partial charge is 0.191 e. The van der Waals surface area contributed by atoms with Crippen molar-refractivity contribution in [1.82, 2.24) is 30.3 Å². The summed E-state index contributed by atoms with van der Waals surface area (Å²) in [5.41, 5.74) is 1.35. The predicted molar refractivity (Wildman–Crippen MR) is 142 cm³/mol. The van der Waals surface area contributed by atoms with Gasteiger partial charge in [-0.25, -0.2) is 0 Å². The Morgan fingerprint density at radius 3 is 2.76 bits per heavy atom. The van der Waals surface area contributed by atoms with Crippen molar-refractivity contribution in [2.45, 2.75) is 45.2 Å². The zero-order chi connectivity index (χ0) is 22.0. The van der Waals surface area contributed by atoms with E-state index in [9.17, 15) is 0 Å². The Morgan fingerprint density at radius 1 is 1.21 bits per heavy atom. The van der Waals surface area contributed by atoms with E-state index in [0.717, 1.165) is 77.1 Å². The molecule has 0 aliphatic carbocycles. The molecule has 1 aromatic heterocycles. The molecule has 182 valence electrons. The van der Waals surface area contributed by atoms with E-state index < -0.39 is 0 Å². The van der Waals surface area contributed by atoms with E-state index in [1.54, 1.807) is 6.33 Å². The maximum absolute atomic E-state index is 5.54. The highest BCUT2D eigenvalue weighted by molar-refractivity contribution is 14.0. The number of guanidine groups is 1. The summed E-state index contributed by atoms with van der Waals surface area (Å²) in [6.07, 6.45) is 6.35. The van der Waals surface area contributed by atoms with Gasteiger partial charge in [0.2, 0.25) is 0 Å². The number of nitrogens with one attached hydrogen (secondary N) is 2. The summed E-state index contributed by atoms with van der Waals surface area (Å²) in [7, 11) is 0. The number of hydrogen-bond donors (Lipinski definition) is 2. The summed E-state index contributed by atoms with van der Waals surface area (Å²) in [6.45, 7) is 9.33. The molecular weight excluding hydrogens is 529 g/mol. The predicted octanol–water partition coefficient (Wildman–Crippen LogP) is 2.87. The molecule has 0 bridgehead atoms. The lowest BCUT2D eigenvalue weighted by atomic mass is 10.1. The minimum absolute atomic E-state index is 0. The Labute approximate surface area is 214 Å². The van der Waals surface area contributed by atoms with E-state index in [1.165, 1.54) is 18.4 Å². The molecule has 0 spiro atoms. The van der Waals surface area contributed by atoms with Crippen molar-refractivity contribution in [3.8, 4) is 0 Å². The molecule has 0 amide bonds. The zero-order valence-corrected chi connectivity index (χ0v) is 22.0. The molecule has 2 fully saturated rings. The number of aromatic nitrogens is 3. The van der Waals surface area contributed by atoms with Gasteiger partial charge in [-0.2, -0.15) is 0 Å². The third-order valence-electron chi connectivity index (χ3n) is 6.43. The average Bonchev–Trinajstić information content (AvgIpc) is 3.61. The molecule has 2 aliphatic heterocycles. The number of rotatable bonds is 10. The second-order valence-corrected chi connectivity index (χ2v) is 8.69. The Kier molecular flexibility index (Phi) is 10.9. The lowest BCUT2D eigenvalue weighted by Crippen LogP contribution is -2.42. The van der Waals surface area contributed by atoms with Crippen LogP contribution in [0.15, 0.2) is 41.7 Å². The Hall–Kier alpha value is -1.72. The van der Waals surface area contributed by atoms with E-state index in [-0.39, 0.29) is 24.0 Å². The first-order chi connectivity index (χ1) is 15.8. The molecular formula is C24H38IN7O. The van der Waals surface area contributed by atoms with E-state index in [1.807, 2.05) is 0 Å². The maximum atomic E-state index is 5.54. The molecule has 0 radical (unpaired) electrons. The van der Waals surface area contributed by atoms with E-state index in [4.69, 9.17) is 9.73 Å². The van der Waals surface area contributed by atoms with Crippen molar-refractivity contribution < 1.29 is 4.74 Å². The van der Waals surface area contributed by atoms with E-state index >= 15 is 0 Å². The molecule has 33 heavy (non-hydrogen) atoms. The summed E-state index contributed by atoms with van der Waals surface area (Å²) < 4.78 is 7.65. The fraction of sp³-hybridized carbons (Fsp3) is 0.625. The molecule has 2 aromatic rings. The molecule has 2 N–H and O–H groups in total. The second kappa shape index (κ2) is 13.9. The number of likely N-dealkylation sites (tertiary alicyclic amines) is 1. The molecule has 2 atom stereocenters. The fourth-order valence-electron chi connectivity index (χ4n) is 4.53. The third-order valence-corrected chi connectivity index (χ3v) is 6.43. The molecule has 8 nitrogen and oxygen atoms in total. The standard InChI is InChI=1S/C24H37N7O.HI/c1-2-23-29-28-19-31(23)14-11-25-24(26-16-20-10-15-32-18-20)27-17-22(30-12-6-7-13-30)21-8-4-3-5-9-21;/h3-5,8-9,19-20,22H,2,6-7,10-18H2,1H3,(H2,25,26,27);1H. The van der Waals surface area contributed by atoms with E-state index in [2.05, 4.69) is 67.6 Å². The van der Waals surface area contributed by atoms with Crippen molar-refractivity contribution in [2.75, 3.05) is 45.9 Å². The topological polar surface area (TPSA) is 79.6 Å². The van der Waals surface area contributed by atoms with Gasteiger partial charge >= 0.3 is 0 Å². The fourth-order valence-corrected chi connectivity index (χ4v) is 4.53. The third kappa shape index (κ3) is 7.65. The van der Waals surface area contributed by atoms with Gasteiger partial charge in [0.15, 0.2) is 5.96 Å². The highest BCUT2D eigenvalue weighted by atomic mass is 127. The van der Waals surface area contributed by atoms with Crippen LogP contribution >= 0.6 is 24.0 Å². The quantitative estimate of drug-likeness (QED) is 0.261. The molecule has 2 saturated heterocycles. The van der Waals surface area contributed by atoms with Gasteiger partial charge in [-0.1, -0.05) is 37.3 Å². The van der Waals surface area contributed by atoms with Crippen LogP contribution in [-0.4, -0.2) is 71.6 Å². The summed E-state index contributed by atoms with van der Waals surface area (Å²) in [4.78, 5) is 7.61. The van der Waals surface area contributed by atoms with Crippen molar-refractivity contribution in [1.29, 1.82) is 0 Å². The SMILES string of the molecule is CCc1nncn1CCNC(=NCC(c1ccccc1)N1CCCC1)NCC1CCOC1.I. The van der Waals surface area contributed by atoms with Crippen LogP contribution in [0, 0.1) is 5.92 Å². The molecule has 9 heteroatoms. The largest absolute Gasteiger partial charge is 0.381 e. The van der Waals surface area contributed by atoms with Crippen LogP contribution in [0.1, 0.15) is 43.6 Å². The average molecular weight is 568 g/mol. The first kappa shape index (κ1) is 25.9. The van der Waals surface area contributed by atoms with Crippen LogP contribution in [0.4, 0.5) is 0 Å². The number of hydrogen-bond acceptors (Lipinski definition) is 5. The summed E-state index contributed by atoms with van der Waals surface area (Å²) in [6, 6.07) is 11.1. The Balaban J connectivity index is 0.00000306. The minimum Gasteiger partial charge on any atom is -0.381 e. The van der Waals surface area contributed by atoms with Gasteiger partial charge in [-0.05, 0) is 37.9 Å². The van der Waals surface area contributed by atoms with Gasteiger partial charge in [0.25, 0.3) is 0 Å². The van der Waals surface area contributed by atoms with Crippen LogP contribution in [0.25, 0.3) is 0 Å². The Bertz CT molecular complexity index is 832. The van der Waals surface area contributed by atoms with Gasteiger partial charge in [0.05, 0.1) is 19.2 Å². The van der Waals surface area contributed by atoms with E-state index in [0.29, 0.717) is 12.0 Å². The van der Waals surface area contributed by atoms with Crippen LogP contribution in [0.3, 0.4) is 0 Å². The van der Waals surface area contributed by atoms with Gasteiger partial charge in [-0.3, -0.25) is 9.89 Å². The summed E-state index contributed by atoms with van der Waals surface area (Å²) >= 11 is 0. The van der Waals surface area contributed by atoms with Crippen LogP contribution in [0.5, 0.6) is 0 Å². The van der Waals surface area contributed by atoms with Crippen molar-refractivity contribution in [3.63, 3.8) is 0 Å². The molecule has 1 aromatic carbocycles. The van der Waals surface area contributed by atoms with Gasteiger partial charge in [0, 0.05) is 38.6 Å². The first-order valence-electron chi connectivity index (χ1n) is 12.1. The highest BCUT2D eigenvalue weighted by Gasteiger charge is 2.23. The van der Waals surface area contributed by atoms with Gasteiger partial charge in [-0.15, -0.1) is 34.2 Å². The lowest BCUT2D eigenvalue weighted by molar-refractivity contribution is 0.186. The van der Waals surface area contributed by atoms with Gasteiger partial charge in [0.1, 0.15) is 12.2 Å². The zero-order valence-electron chi connectivity index (χ0n) is 19.7. The monoisotopic (exact) mass is 567 g/mol. The molecule has 0 saturated carbocycles. The number of halogens is 1. The number of ether oxygens (including phenoxy) is 1. The molecule has 2 aliphatic rings. The van der Waals surface area contributed by atoms with Crippen LogP contribution in [0.2, 0.25) is 0 Å². The van der Waals surface area contributed by atoms with Crippen LogP contribution < -0.4 is 10.6 Å². The first-order valence-corrected chi connectivity index (χ1v) is 12.1. The minimum atomic E-state index is 0. The lowest BCUT2D eigenvalue weighted by Gasteiger charge is -2.27. The summed E-state index contributed by atoms with van der Waals surface area (Å²) in [5.74, 6) is 2.44. The number of aliphatic imine (C=N–C) groups is 1. The normalized spacial score (nSPS) is 19.9.